The number of piperazine rings is 1. The fraction of sp³-hybridized carbons (Fsp3) is 0.444. The summed E-state index contributed by atoms with van der Waals surface area (Å²) in [5.74, 6) is 0.721. The molecular weight excluding hydrogens is 416 g/mol. The van der Waals surface area contributed by atoms with Crippen LogP contribution in [0.25, 0.3) is 0 Å². The standard InChI is InChI=1S/C27H34N2O4/c1-4-20-33-23-12-10-21(11-13-23)24(30)14-15-25(31)28-16-18-29(19-17-28)26(32)27(2,3)22-8-6-5-7-9-22/h5-13H,4,14-20H2,1-3H3. The summed E-state index contributed by atoms with van der Waals surface area (Å²) in [6.45, 7) is 8.57. The number of ketones is 1. The fourth-order valence-electron chi connectivity index (χ4n) is 4.01. The summed E-state index contributed by atoms with van der Waals surface area (Å²) in [6.07, 6.45) is 1.28. The predicted octanol–water partition coefficient (Wildman–Crippen LogP) is 4.09. The molecule has 0 bridgehead atoms. The maximum Gasteiger partial charge on any atom is 0.232 e. The van der Waals surface area contributed by atoms with E-state index in [1.807, 2.05) is 56.0 Å². The zero-order valence-electron chi connectivity index (χ0n) is 19.9. The van der Waals surface area contributed by atoms with Gasteiger partial charge in [-0.2, -0.15) is 0 Å². The molecule has 0 atom stereocenters. The molecule has 0 aromatic heterocycles. The lowest BCUT2D eigenvalue weighted by Crippen LogP contribution is -2.54. The van der Waals surface area contributed by atoms with Crippen LogP contribution >= 0.6 is 0 Å². The summed E-state index contributed by atoms with van der Waals surface area (Å²) < 4.78 is 5.54. The van der Waals surface area contributed by atoms with Gasteiger partial charge in [0.25, 0.3) is 0 Å². The van der Waals surface area contributed by atoms with Gasteiger partial charge in [-0.15, -0.1) is 0 Å². The summed E-state index contributed by atoms with van der Waals surface area (Å²) in [7, 11) is 0. The van der Waals surface area contributed by atoms with E-state index in [0.717, 1.165) is 17.7 Å². The van der Waals surface area contributed by atoms with Gasteiger partial charge in [0.2, 0.25) is 11.8 Å². The maximum absolute atomic E-state index is 13.1. The Hall–Kier alpha value is -3.15. The quantitative estimate of drug-likeness (QED) is 0.540. The lowest BCUT2D eigenvalue weighted by molar-refractivity contribution is -0.142. The van der Waals surface area contributed by atoms with Gasteiger partial charge >= 0.3 is 0 Å². The molecule has 0 radical (unpaired) electrons. The highest BCUT2D eigenvalue weighted by Crippen LogP contribution is 2.26. The van der Waals surface area contributed by atoms with E-state index in [-0.39, 0.29) is 30.4 Å². The third kappa shape index (κ3) is 6.21. The van der Waals surface area contributed by atoms with Crippen LogP contribution in [-0.2, 0) is 15.0 Å². The molecule has 1 aliphatic rings. The minimum atomic E-state index is -0.614. The fourth-order valence-corrected chi connectivity index (χ4v) is 4.01. The predicted molar refractivity (Wildman–Crippen MR) is 128 cm³/mol. The highest BCUT2D eigenvalue weighted by atomic mass is 16.5. The van der Waals surface area contributed by atoms with Gasteiger partial charge in [-0.3, -0.25) is 14.4 Å². The van der Waals surface area contributed by atoms with Crippen LogP contribution in [-0.4, -0.2) is 60.2 Å². The molecule has 3 rings (SSSR count). The van der Waals surface area contributed by atoms with E-state index in [9.17, 15) is 14.4 Å². The molecule has 6 nitrogen and oxygen atoms in total. The molecule has 0 N–H and O–H groups in total. The Labute approximate surface area is 196 Å². The van der Waals surface area contributed by atoms with Gasteiger partial charge in [-0.05, 0) is 50.1 Å². The third-order valence-corrected chi connectivity index (χ3v) is 6.16. The Morgan fingerprint density at radius 2 is 1.45 bits per heavy atom. The summed E-state index contributed by atoms with van der Waals surface area (Å²) in [5.41, 5.74) is 0.957. The SMILES string of the molecule is CCCOc1ccc(C(=O)CCC(=O)N2CCN(C(=O)C(C)(C)c3ccccc3)CC2)cc1. The monoisotopic (exact) mass is 450 g/mol. The van der Waals surface area contributed by atoms with Crippen molar-refractivity contribution in [2.75, 3.05) is 32.8 Å². The molecule has 2 amide bonds. The highest BCUT2D eigenvalue weighted by Gasteiger charge is 2.35. The molecule has 1 aliphatic heterocycles. The molecule has 2 aromatic rings. The van der Waals surface area contributed by atoms with Crippen molar-refractivity contribution in [1.82, 2.24) is 9.80 Å². The second-order valence-electron chi connectivity index (χ2n) is 8.96. The number of carbonyl (C=O) groups is 3. The Morgan fingerprint density at radius 1 is 0.848 bits per heavy atom. The molecule has 2 aromatic carbocycles. The topological polar surface area (TPSA) is 66.9 Å². The normalized spacial score (nSPS) is 14.2. The van der Waals surface area contributed by atoms with Crippen LogP contribution in [0.4, 0.5) is 0 Å². The molecule has 33 heavy (non-hydrogen) atoms. The van der Waals surface area contributed by atoms with E-state index in [1.54, 1.807) is 29.2 Å². The first-order chi connectivity index (χ1) is 15.8. The number of hydrogen-bond acceptors (Lipinski definition) is 4. The molecular formula is C27H34N2O4. The van der Waals surface area contributed by atoms with Crippen molar-refractivity contribution in [2.24, 2.45) is 0 Å². The first kappa shape index (κ1) is 24.5. The summed E-state index contributed by atoms with van der Waals surface area (Å²) >= 11 is 0. The van der Waals surface area contributed by atoms with Crippen LogP contribution in [0.3, 0.4) is 0 Å². The summed E-state index contributed by atoms with van der Waals surface area (Å²) in [6, 6.07) is 16.8. The van der Waals surface area contributed by atoms with Crippen molar-refractivity contribution in [3.05, 3.63) is 65.7 Å². The van der Waals surface area contributed by atoms with Crippen molar-refractivity contribution in [2.45, 2.75) is 45.4 Å². The molecule has 1 heterocycles. The lowest BCUT2D eigenvalue weighted by atomic mass is 9.83. The third-order valence-electron chi connectivity index (χ3n) is 6.16. The van der Waals surface area contributed by atoms with Gasteiger partial charge in [0.1, 0.15) is 5.75 Å². The van der Waals surface area contributed by atoms with Crippen LogP contribution in [0.5, 0.6) is 5.75 Å². The molecule has 0 saturated carbocycles. The Morgan fingerprint density at radius 3 is 2.06 bits per heavy atom. The minimum absolute atomic E-state index is 0.0410. The number of Topliss-reactive ketones (excluding diaryl/α,β-unsaturated/α-hetero) is 1. The van der Waals surface area contributed by atoms with Gasteiger partial charge in [0.15, 0.2) is 5.78 Å². The number of amides is 2. The van der Waals surface area contributed by atoms with Gasteiger partial charge in [-0.25, -0.2) is 0 Å². The van der Waals surface area contributed by atoms with Crippen LogP contribution in [0.1, 0.15) is 56.0 Å². The molecule has 0 unspecified atom stereocenters. The zero-order valence-corrected chi connectivity index (χ0v) is 19.9. The number of benzene rings is 2. The number of rotatable bonds is 9. The van der Waals surface area contributed by atoms with Crippen LogP contribution in [0.2, 0.25) is 0 Å². The molecule has 0 spiro atoms. The lowest BCUT2D eigenvalue weighted by Gasteiger charge is -2.38. The van der Waals surface area contributed by atoms with Crippen molar-refractivity contribution in [1.29, 1.82) is 0 Å². The van der Waals surface area contributed by atoms with Crippen LogP contribution < -0.4 is 4.74 Å². The Bertz CT molecular complexity index is 946. The van der Waals surface area contributed by atoms with Gasteiger partial charge < -0.3 is 14.5 Å². The second-order valence-corrected chi connectivity index (χ2v) is 8.96. The van der Waals surface area contributed by atoms with E-state index in [2.05, 4.69) is 0 Å². The van der Waals surface area contributed by atoms with Gasteiger partial charge in [0.05, 0.1) is 12.0 Å². The van der Waals surface area contributed by atoms with Crippen molar-refractivity contribution < 1.29 is 19.1 Å². The van der Waals surface area contributed by atoms with E-state index in [1.165, 1.54) is 0 Å². The average Bonchev–Trinajstić information content (AvgIpc) is 2.86. The molecule has 6 heteroatoms. The second kappa shape index (κ2) is 11.1. The van der Waals surface area contributed by atoms with E-state index in [0.29, 0.717) is 38.3 Å². The highest BCUT2D eigenvalue weighted by molar-refractivity contribution is 5.98. The first-order valence-electron chi connectivity index (χ1n) is 11.7. The molecule has 176 valence electrons. The maximum atomic E-state index is 13.1. The number of carbonyl (C=O) groups excluding carboxylic acids is 3. The first-order valence-corrected chi connectivity index (χ1v) is 11.7. The molecule has 0 aliphatic carbocycles. The van der Waals surface area contributed by atoms with E-state index < -0.39 is 5.41 Å². The van der Waals surface area contributed by atoms with Crippen LogP contribution in [0, 0.1) is 0 Å². The summed E-state index contributed by atoms with van der Waals surface area (Å²) in [5, 5.41) is 0. The van der Waals surface area contributed by atoms with Crippen LogP contribution in [0.15, 0.2) is 54.6 Å². The minimum Gasteiger partial charge on any atom is -0.494 e. The van der Waals surface area contributed by atoms with E-state index >= 15 is 0 Å². The Kier molecular flexibility index (Phi) is 8.26. The van der Waals surface area contributed by atoms with Crippen molar-refractivity contribution >= 4 is 17.6 Å². The smallest absolute Gasteiger partial charge is 0.232 e. The summed E-state index contributed by atoms with van der Waals surface area (Å²) in [4.78, 5) is 41.8. The number of ether oxygens (including phenoxy) is 1. The van der Waals surface area contributed by atoms with Crippen molar-refractivity contribution in [3.8, 4) is 5.75 Å². The Balaban J connectivity index is 1.46. The van der Waals surface area contributed by atoms with Crippen molar-refractivity contribution in [3.63, 3.8) is 0 Å². The molecule has 1 saturated heterocycles. The molecule has 1 fully saturated rings. The van der Waals surface area contributed by atoms with E-state index in [4.69, 9.17) is 4.74 Å². The zero-order chi connectivity index (χ0) is 23.8. The van der Waals surface area contributed by atoms with Gasteiger partial charge in [-0.1, -0.05) is 37.3 Å². The average molecular weight is 451 g/mol. The number of nitrogens with zero attached hydrogens (tertiary/aromatic N) is 2. The largest absolute Gasteiger partial charge is 0.494 e. The number of hydrogen-bond donors (Lipinski definition) is 0. The van der Waals surface area contributed by atoms with Gasteiger partial charge in [0, 0.05) is 44.6 Å².